The molecule has 0 heterocycles. The molecule has 0 aliphatic heterocycles. The average Bonchev–Trinajstić information content (AvgIpc) is 3.29. The highest BCUT2D eigenvalue weighted by molar-refractivity contribution is 5.69. The van der Waals surface area contributed by atoms with Gasteiger partial charge in [0.15, 0.2) is 0 Å². The van der Waals surface area contributed by atoms with Crippen LogP contribution in [0.25, 0.3) is 0 Å². The summed E-state index contributed by atoms with van der Waals surface area (Å²) in [5, 5.41) is 0. The molecule has 0 radical (unpaired) electrons. The maximum absolute atomic E-state index is 12.1. The van der Waals surface area contributed by atoms with E-state index in [1.165, 1.54) is 321 Å². The van der Waals surface area contributed by atoms with E-state index in [-0.39, 0.29) is 5.97 Å². The van der Waals surface area contributed by atoms with Gasteiger partial charge in [-0.1, -0.05) is 328 Å². The lowest BCUT2D eigenvalue weighted by Crippen LogP contribution is -2.05. The number of hydrogen-bond donors (Lipinski definition) is 0. The topological polar surface area (TPSA) is 26.3 Å². The third-order valence-electron chi connectivity index (χ3n) is 14.4. The van der Waals surface area contributed by atoms with Crippen molar-refractivity contribution in [3.63, 3.8) is 0 Å². The Morgan fingerprint density at radius 3 is 0.889 bits per heavy atom. The van der Waals surface area contributed by atoms with Gasteiger partial charge in [-0.15, -0.1) is 0 Å². The molecule has 0 amide bonds. The smallest absolute Gasteiger partial charge is 0.305 e. The molecule has 0 bridgehead atoms. The van der Waals surface area contributed by atoms with Gasteiger partial charge in [0.05, 0.1) is 6.61 Å². The Bertz CT molecular complexity index is 848. The molecule has 0 fully saturated rings. The second-order valence-electron chi connectivity index (χ2n) is 20.9. The van der Waals surface area contributed by atoms with E-state index in [1.807, 2.05) is 0 Å². The minimum Gasteiger partial charge on any atom is -0.466 e. The van der Waals surface area contributed by atoms with Crippen molar-refractivity contribution in [2.75, 3.05) is 6.61 Å². The lowest BCUT2D eigenvalue weighted by molar-refractivity contribution is -0.143. The molecular weight excluding hydrogens is 765 g/mol. The first-order valence-corrected chi connectivity index (χ1v) is 30.0. The highest BCUT2D eigenvalue weighted by atomic mass is 16.5. The van der Waals surface area contributed by atoms with Crippen LogP contribution in [0.4, 0.5) is 0 Å². The highest BCUT2D eigenvalue weighted by Gasteiger charge is 2.04. The van der Waals surface area contributed by atoms with Crippen LogP contribution >= 0.6 is 0 Å². The van der Waals surface area contributed by atoms with Crippen molar-refractivity contribution in [1.82, 2.24) is 0 Å². The number of unbranched alkanes of at least 4 members (excludes halogenated alkanes) is 47. The summed E-state index contributed by atoms with van der Waals surface area (Å²) < 4.78 is 5.51. The van der Waals surface area contributed by atoms with Crippen molar-refractivity contribution in [2.24, 2.45) is 5.92 Å². The van der Waals surface area contributed by atoms with Gasteiger partial charge in [0.1, 0.15) is 0 Å². The first kappa shape index (κ1) is 62.2. The van der Waals surface area contributed by atoms with Crippen LogP contribution in [0, 0.1) is 5.92 Å². The molecule has 0 aliphatic carbocycles. The fourth-order valence-corrected chi connectivity index (χ4v) is 9.58. The Kier molecular flexibility index (Phi) is 56.6. The molecule has 2 heteroatoms. The van der Waals surface area contributed by atoms with Gasteiger partial charge in [-0.05, 0) is 44.4 Å². The molecule has 0 aliphatic rings. The summed E-state index contributed by atoms with van der Waals surface area (Å²) in [6, 6.07) is 0. The lowest BCUT2D eigenvalue weighted by atomic mass is 9.99. The third kappa shape index (κ3) is 57.3. The predicted molar refractivity (Wildman–Crippen MR) is 285 cm³/mol. The van der Waals surface area contributed by atoms with Crippen molar-refractivity contribution in [1.29, 1.82) is 0 Å². The molecule has 376 valence electrons. The fraction of sp³-hybridized carbons (Fsp3) is 0.951. The van der Waals surface area contributed by atoms with E-state index in [0.29, 0.717) is 13.0 Å². The number of allylic oxidation sites excluding steroid dienone is 2. The Labute approximate surface area is 399 Å². The van der Waals surface area contributed by atoms with Crippen LogP contribution in [0.3, 0.4) is 0 Å². The SMILES string of the molecule is CCCCCCCCC=CCCCCCCCCCCCCCC(=O)OCCCCCCCCCCCCCCCCCCCCCCCCCCCCCCCCCC(C)CC. The Morgan fingerprint density at radius 1 is 0.333 bits per heavy atom. The van der Waals surface area contributed by atoms with Crippen LogP contribution in [0.1, 0.15) is 361 Å². The molecule has 0 rings (SSSR count). The van der Waals surface area contributed by atoms with Gasteiger partial charge in [-0.2, -0.15) is 0 Å². The summed E-state index contributed by atoms with van der Waals surface area (Å²) in [6.45, 7) is 7.66. The second kappa shape index (κ2) is 57.3. The molecule has 0 saturated heterocycles. The molecule has 0 spiro atoms. The Hall–Kier alpha value is -0.790. The maximum atomic E-state index is 12.1. The largest absolute Gasteiger partial charge is 0.466 e. The first-order chi connectivity index (χ1) is 31.2. The van der Waals surface area contributed by atoms with Crippen molar-refractivity contribution >= 4 is 5.97 Å². The standard InChI is InChI=1S/C61H120O2/c1-4-6-7-8-9-10-11-12-13-14-15-27-31-34-37-40-43-46-49-52-55-58-61(62)63-59-56-53-50-47-44-41-38-35-32-29-26-24-22-20-18-16-17-19-21-23-25-28-30-33-36-39-42-45-48-51-54-57-60(3)5-2/h12-13,60H,4-11,14-59H2,1-3H3. The Morgan fingerprint density at radius 2 is 0.587 bits per heavy atom. The second-order valence-corrected chi connectivity index (χ2v) is 20.9. The van der Waals surface area contributed by atoms with Crippen LogP contribution in [-0.2, 0) is 9.53 Å². The van der Waals surface area contributed by atoms with Crippen LogP contribution in [0.2, 0.25) is 0 Å². The zero-order chi connectivity index (χ0) is 45.5. The number of carbonyl (C=O) groups is 1. The van der Waals surface area contributed by atoms with E-state index in [0.717, 1.165) is 18.8 Å². The number of carbonyl (C=O) groups excluding carboxylic acids is 1. The fourth-order valence-electron chi connectivity index (χ4n) is 9.58. The quantitative estimate of drug-likeness (QED) is 0.0346. The van der Waals surface area contributed by atoms with Gasteiger partial charge in [0.25, 0.3) is 0 Å². The van der Waals surface area contributed by atoms with E-state index < -0.39 is 0 Å². The summed E-state index contributed by atoms with van der Waals surface area (Å²) >= 11 is 0. The van der Waals surface area contributed by atoms with Crippen molar-refractivity contribution in [3.05, 3.63) is 12.2 Å². The van der Waals surface area contributed by atoms with E-state index in [2.05, 4.69) is 32.9 Å². The number of rotatable bonds is 56. The highest BCUT2D eigenvalue weighted by Crippen LogP contribution is 2.19. The van der Waals surface area contributed by atoms with Crippen molar-refractivity contribution < 1.29 is 9.53 Å². The van der Waals surface area contributed by atoms with Crippen LogP contribution < -0.4 is 0 Å². The molecule has 0 aromatic carbocycles. The van der Waals surface area contributed by atoms with Crippen LogP contribution in [-0.4, -0.2) is 12.6 Å². The summed E-state index contributed by atoms with van der Waals surface area (Å²) in [5.41, 5.74) is 0. The van der Waals surface area contributed by atoms with Crippen molar-refractivity contribution in [3.8, 4) is 0 Å². The van der Waals surface area contributed by atoms with Crippen LogP contribution in [0.15, 0.2) is 12.2 Å². The van der Waals surface area contributed by atoms with Crippen LogP contribution in [0.5, 0.6) is 0 Å². The van der Waals surface area contributed by atoms with E-state index in [4.69, 9.17) is 4.74 Å². The summed E-state index contributed by atoms with van der Waals surface area (Å²) in [4.78, 5) is 12.1. The van der Waals surface area contributed by atoms with Crippen molar-refractivity contribution in [2.45, 2.75) is 361 Å². The van der Waals surface area contributed by atoms with Gasteiger partial charge in [-0.3, -0.25) is 4.79 Å². The zero-order valence-corrected chi connectivity index (χ0v) is 44.2. The maximum Gasteiger partial charge on any atom is 0.305 e. The number of ether oxygens (including phenoxy) is 1. The van der Waals surface area contributed by atoms with E-state index in [9.17, 15) is 4.79 Å². The molecule has 1 atom stereocenters. The predicted octanol–water partition coefficient (Wildman–Crippen LogP) is 22.4. The molecule has 0 saturated carbocycles. The minimum absolute atomic E-state index is 0.0317. The molecule has 0 aromatic rings. The molecular formula is C61H120O2. The molecule has 63 heavy (non-hydrogen) atoms. The minimum atomic E-state index is 0.0317. The third-order valence-corrected chi connectivity index (χ3v) is 14.4. The first-order valence-electron chi connectivity index (χ1n) is 30.0. The summed E-state index contributed by atoms with van der Waals surface area (Å²) in [5.74, 6) is 0.971. The van der Waals surface area contributed by atoms with Gasteiger partial charge >= 0.3 is 5.97 Å². The molecule has 1 unspecified atom stereocenters. The van der Waals surface area contributed by atoms with Gasteiger partial charge in [0, 0.05) is 6.42 Å². The van der Waals surface area contributed by atoms with Gasteiger partial charge in [-0.25, -0.2) is 0 Å². The van der Waals surface area contributed by atoms with E-state index in [1.54, 1.807) is 0 Å². The Balaban J connectivity index is 3.16. The normalized spacial score (nSPS) is 12.2. The number of esters is 1. The molecule has 0 aromatic heterocycles. The van der Waals surface area contributed by atoms with Gasteiger partial charge < -0.3 is 4.74 Å². The van der Waals surface area contributed by atoms with E-state index >= 15 is 0 Å². The zero-order valence-electron chi connectivity index (χ0n) is 44.2. The number of hydrogen-bond acceptors (Lipinski definition) is 2. The van der Waals surface area contributed by atoms with Gasteiger partial charge in [0.2, 0.25) is 0 Å². The monoisotopic (exact) mass is 885 g/mol. The summed E-state index contributed by atoms with van der Waals surface area (Å²) in [6.07, 6.45) is 78.3. The average molecular weight is 886 g/mol. The molecule has 0 N–H and O–H groups in total. The lowest BCUT2D eigenvalue weighted by Gasteiger charge is -2.07. The summed E-state index contributed by atoms with van der Waals surface area (Å²) in [7, 11) is 0. The molecule has 2 nitrogen and oxygen atoms in total.